The highest BCUT2D eigenvalue weighted by atomic mass is 32.1. The Bertz CT molecular complexity index is 1640. The number of carboxylic acids is 1. The van der Waals surface area contributed by atoms with Crippen LogP contribution in [0.25, 0.3) is 33.2 Å². The van der Waals surface area contributed by atoms with E-state index < -0.39 is 5.97 Å². The number of para-hydroxylation sites is 1. The summed E-state index contributed by atoms with van der Waals surface area (Å²) >= 11 is 1.49. The molecular formula is C32H22N2O2S. The first-order valence-electron chi connectivity index (χ1n) is 12.0. The van der Waals surface area contributed by atoms with Crippen LogP contribution < -0.4 is 4.90 Å². The number of thiophene rings is 1. The quantitative estimate of drug-likeness (QED) is 0.224. The Morgan fingerprint density at radius 2 is 1.73 bits per heavy atom. The van der Waals surface area contributed by atoms with E-state index in [1.807, 2.05) is 36.4 Å². The lowest BCUT2D eigenvalue weighted by Gasteiger charge is -2.28. The maximum Gasteiger partial charge on any atom is 0.346 e. The summed E-state index contributed by atoms with van der Waals surface area (Å²) in [6, 6.07) is 31.2. The molecule has 4 nitrogen and oxygen atoms in total. The van der Waals surface area contributed by atoms with Gasteiger partial charge >= 0.3 is 5.97 Å². The third kappa shape index (κ3) is 4.08. The molecule has 1 aliphatic heterocycles. The van der Waals surface area contributed by atoms with E-state index in [0.717, 1.165) is 38.6 Å². The maximum absolute atomic E-state index is 11.4. The summed E-state index contributed by atoms with van der Waals surface area (Å²) in [5, 5.41) is 18.6. The number of benzene rings is 3. The van der Waals surface area contributed by atoms with Gasteiger partial charge < -0.3 is 10.0 Å². The minimum absolute atomic E-state index is 0.277. The molecule has 1 atom stereocenters. The Hall–Kier alpha value is -4.66. The highest BCUT2D eigenvalue weighted by molar-refractivity contribution is 7.17. The lowest BCUT2D eigenvalue weighted by molar-refractivity contribution is -0.132. The van der Waals surface area contributed by atoms with Crippen LogP contribution in [0.15, 0.2) is 109 Å². The SMILES string of the molecule is N#C/C(=C\c1cc(-c2ccccc2)c(-c2ccc(N3c4ccccc4C4=CC=CCC43)cc2)s1)C(=O)O. The average Bonchev–Trinajstić information content (AvgIpc) is 3.52. The molecule has 37 heavy (non-hydrogen) atoms. The summed E-state index contributed by atoms with van der Waals surface area (Å²) in [4.78, 5) is 15.6. The zero-order chi connectivity index (χ0) is 25.4. The molecular weight excluding hydrogens is 476 g/mol. The number of carboxylic acid groups (broad SMARTS) is 1. The largest absolute Gasteiger partial charge is 0.477 e. The van der Waals surface area contributed by atoms with Gasteiger partial charge in [0.15, 0.2) is 0 Å². The Balaban J connectivity index is 1.42. The van der Waals surface area contributed by atoms with Gasteiger partial charge in [-0.25, -0.2) is 4.79 Å². The minimum Gasteiger partial charge on any atom is -0.477 e. The Morgan fingerprint density at radius 1 is 0.973 bits per heavy atom. The molecule has 0 saturated carbocycles. The van der Waals surface area contributed by atoms with Crippen LogP contribution in [0.4, 0.5) is 11.4 Å². The van der Waals surface area contributed by atoms with Crippen molar-refractivity contribution < 1.29 is 9.90 Å². The number of anilines is 2. The summed E-state index contributed by atoms with van der Waals surface area (Å²) in [7, 11) is 0. The van der Waals surface area contributed by atoms with Crippen LogP contribution >= 0.6 is 11.3 Å². The van der Waals surface area contributed by atoms with Gasteiger partial charge in [0, 0.05) is 32.3 Å². The Morgan fingerprint density at radius 3 is 2.49 bits per heavy atom. The monoisotopic (exact) mass is 498 g/mol. The average molecular weight is 499 g/mol. The van der Waals surface area contributed by atoms with Gasteiger partial charge in [-0.2, -0.15) is 5.26 Å². The van der Waals surface area contributed by atoms with Gasteiger partial charge in [0.25, 0.3) is 0 Å². The highest BCUT2D eigenvalue weighted by Gasteiger charge is 2.34. The van der Waals surface area contributed by atoms with Crippen LogP contribution in [-0.2, 0) is 4.79 Å². The molecule has 0 spiro atoms. The molecule has 1 aromatic heterocycles. The van der Waals surface area contributed by atoms with Gasteiger partial charge in [-0.15, -0.1) is 11.3 Å². The van der Waals surface area contributed by atoms with Gasteiger partial charge in [0.05, 0.1) is 6.04 Å². The predicted molar refractivity (Wildman–Crippen MR) is 151 cm³/mol. The highest BCUT2D eigenvalue weighted by Crippen LogP contribution is 2.48. The van der Waals surface area contributed by atoms with E-state index in [1.165, 1.54) is 34.2 Å². The van der Waals surface area contributed by atoms with Crippen LogP contribution in [0.5, 0.6) is 0 Å². The number of rotatable bonds is 5. The molecule has 0 radical (unpaired) electrons. The summed E-state index contributed by atoms with van der Waals surface area (Å²) in [5.41, 5.74) is 7.83. The lowest BCUT2D eigenvalue weighted by atomic mass is 9.96. The molecule has 2 aliphatic rings. The fourth-order valence-electron chi connectivity index (χ4n) is 5.13. The number of hydrogen-bond acceptors (Lipinski definition) is 4. The molecule has 4 aromatic rings. The van der Waals surface area contributed by atoms with Crippen molar-refractivity contribution >= 4 is 40.3 Å². The van der Waals surface area contributed by atoms with Gasteiger partial charge in [0.2, 0.25) is 0 Å². The first-order chi connectivity index (χ1) is 18.1. The van der Waals surface area contributed by atoms with Crippen molar-refractivity contribution in [1.29, 1.82) is 5.26 Å². The standard InChI is InChI=1S/C32H22N2O2S/c33-20-23(32(35)36)18-25-19-28(21-8-2-1-3-9-21)31(37-25)22-14-16-24(17-15-22)34-29-12-6-4-10-26(29)27-11-5-7-13-30(27)34/h1-12,14-19,30H,13H2,(H,35,36)/b23-18+. The second kappa shape index (κ2) is 9.42. The third-order valence-electron chi connectivity index (χ3n) is 6.80. The van der Waals surface area contributed by atoms with E-state index in [2.05, 4.69) is 71.7 Å². The van der Waals surface area contributed by atoms with Crippen LogP contribution in [0.1, 0.15) is 16.9 Å². The minimum atomic E-state index is -1.22. The van der Waals surface area contributed by atoms with Crippen LogP contribution in [0.3, 0.4) is 0 Å². The van der Waals surface area contributed by atoms with Crippen LogP contribution in [0.2, 0.25) is 0 Å². The summed E-state index contributed by atoms with van der Waals surface area (Å²) < 4.78 is 0. The lowest BCUT2D eigenvalue weighted by Crippen LogP contribution is -2.26. The molecule has 1 N–H and O–H groups in total. The van der Waals surface area contributed by atoms with Crippen molar-refractivity contribution in [1.82, 2.24) is 0 Å². The fourth-order valence-corrected chi connectivity index (χ4v) is 6.26. The molecule has 0 bridgehead atoms. The molecule has 0 amide bonds. The first-order valence-corrected chi connectivity index (χ1v) is 12.9. The topological polar surface area (TPSA) is 64.3 Å². The zero-order valence-electron chi connectivity index (χ0n) is 19.8. The molecule has 1 aliphatic carbocycles. The molecule has 5 heteroatoms. The summed E-state index contributed by atoms with van der Waals surface area (Å²) in [6.07, 6.45) is 9.00. The van der Waals surface area contributed by atoms with Crippen molar-refractivity contribution in [2.24, 2.45) is 0 Å². The van der Waals surface area contributed by atoms with Gasteiger partial charge in [-0.1, -0.05) is 78.9 Å². The van der Waals surface area contributed by atoms with Crippen molar-refractivity contribution in [2.45, 2.75) is 12.5 Å². The van der Waals surface area contributed by atoms with Crippen molar-refractivity contribution in [3.63, 3.8) is 0 Å². The maximum atomic E-state index is 11.4. The normalized spacial score (nSPS) is 16.1. The molecule has 178 valence electrons. The summed E-state index contributed by atoms with van der Waals surface area (Å²) in [5.74, 6) is -1.22. The molecule has 2 heterocycles. The van der Waals surface area contributed by atoms with Gasteiger partial charge in [-0.05, 0) is 53.5 Å². The number of hydrogen-bond donors (Lipinski definition) is 1. The van der Waals surface area contributed by atoms with Gasteiger partial charge in [-0.3, -0.25) is 0 Å². The van der Waals surface area contributed by atoms with E-state index in [1.54, 1.807) is 6.07 Å². The van der Waals surface area contributed by atoms with Crippen molar-refractivity contribution in [3.8, 4) is 27.6 Å². The predicted octanol–water partition coefficient (Wildman–Crippen LogP) is 7.94. The van der Waals surface area contributed by atoms with E-state index in [-0.39, 0.29) is 11.6 Å². The van der Waals surface area contributed by atoms with E-state index >= 15 is 0 Å². The first kappa shape index (κ1) is 22.8. The molecule has 0 saturated heterocycles. The molecule has 0 fully saturated rings. The number of nitriles is 1. The molecule has 1 unspecified atom stereocenters. The number of carbonyl (C=O) groups is 1. The third-order valence-corrected chi connectivity index (χ3v) is 7.93. The molecule has 6 rings (SSSR count). The van der Waals surface area contributed by atoms with Crippen LogP contribution in [-0.4, -0.2) is 17.1 Å². The zero-order valence-corrected chi connectivity index (χ0v) is 20.7. The Kier molecular flexibility index (Phi) is 5.80. The van der Waals surface area contributed by atoms with E-state index in [0.29, 0.717) is 0 Å². The number of fused-ring (bicyclic) bond motifs is 3. The Labute approximate surface area is 219 Å². The summed E-state index contributed by atoms with van der Waals surface area (Å²) in [6.45, 7) is 0. The number of aliphatic carboxylic acids is 1. The van der Waals surface area contributed by atoms with E-state index in [9.17, 15) is 15.2 Å². The van der Waals surface area contributed by atoms with Crippen LogP contribution in [0, 0.1) is 11.3 Å². The van der Waals surface area contributed by atoms with Gasteiger partial charge in [0.1, 0.15) is 11.6 Å². The smallest absolute Gasteiger partial charge is 0.346 e. The van der Waals surface area contributed by atoms with Crippen molar-refractivity contribution in [2.75, 3.05) is 4.90 Å². The second-order valence-electron chi connectivity index (χ2n) is 8.97. The fraction of sp³-hybridized carbons (Fsp3) is 0.0625. The number of nitrogens with zero attached hydrogens (tertiary/aromatic N) is 2. The molecule has 3 aromatic carbocycles. The second-order valence-corrected chi connectivity index (χ2v) is 10.1. The number of allylic oxidation sites excluding steroid dienone is 2. The van der Waals surface area contributed by atoms with E-state index in [4.69, 9.17) is 0 Å². The van der Waals surface area contributed by atoms with Crippen molar-refractivity contribution in [3.05, 3.63) is 119 Å².